The van der Waals surface area contributed by atoms with E-state index in [1.165, 1.54) is 0 Å². The monoisotopic (exact) mass is 308 g/mol. The molecular formula is C15H14F2N2OS. The normalized spacial score (nSPS) is 18.2. The highest BCUT2D eigenvalue weighted by Gasteiger charge is 2.32. The number of nitrogens with zero attached hydrogens (tertiary/aromatic N) is 1. The van der Waals surface area contributed by atoms with Crippen LogP contribution in [0.3, 0.4) is 0 Å². The smallest absolute Gasteiger partial charge is 0.257 e. The van der Waals surface area contributed by atoms with Gasteiger partial charge in [-0.1, -0.05) is 6.07 Å². The van der Waals surface area contributed by atoms with Crippen molar-refractivity contribution in [2.24, 2.45) is 0 Å². The van der Waals surface area contributed by atoms with Crippen LogP contribution in [0.5, 0.6) is 0 Å². The number of likely N-dealkylation sites (tertiary alicyclic amines) is 1. The van der Waals surface area contributed by atoms with Crippen molar-refractivity contribution in [2.45, 2.75) is 18.9 Å². The molecule has 0 radical (unpaired) electrons. The fourth-order valence-electron chi connectivity index (χ4n) is 2.71. The highest BCUT2D eigenvalue weighted by atomic mass is 32.1. The van der Waals surface area contributed by atoms with Gasteiger partial charge in [-0.05, 0) is 36.4 Å². The predicted molar refractivity (Wildman–Crippen MR) is 78.1 cm³/mol. The highest BCUT2D eigenvalue weighted by molar-refractivity contribution is 7.10. The third kappa shape index (κ3) is 2.51. The molecule has 21 heavy (non-hydrogen) atoms. The summed E-state index contributed by atoms with van der Waals surface area (Å²) in [4.78, 5) is 15.2. The molecule has 1 fully saturated rings. The topological polar surface area (TPSA) is 46.3 Å². The van der Waals surface area contributed by atoms with Gasteiger partial charge < -0.3 is 10.6 Å². The summed E-state index contributed by atoms with van der Waals surface area (Å²) in [5.41, 5.74) is 4.77. The number of halogens is 2. The van der Waals surface area contributed by atoms with Crippen LogP contribution in [-0.2, 0) is 0 Å². The van der Waals surface area contributed by atoms with Crippen LogP contribution in [0.25, 0.3) is 0 Å². The van der Waals surface area contributed by atoms with Crippen LogP contribution >= 0.6 is 11.3 Å². The second-order valence-electron chi connectivity index (χ2n) is 5.03. The van der Waals surface area contributed by atoms with Crippen LogP contribution in [0.4, 0.5) is 14.5 Å². The molecule has 1 saturated heterocycles. The lowest BCUT2D eigenvalue weighted by Gasteiger charge is -2.24. The Balaban J connectivity index is 1.95. The summed E-state index contributed by atoms with van der Waals surface area (Å²) < 4.78 is 27.4. The zero-order valence-electron chi connectivity index (χ0n) is 11.2. The zero-order valence-corrected chi connectivity index (χ0v) is 12.0. The summed E-state index contributed by atoms with van der Waals surface area (Å²) in [6, 6.07) is 5.60. The minimum atomic E-state index is -0.849. The Morgan fingerprint density at radius 1 is 1.38 bits per heavy atom. The van der Waals surface area contributed by atoms with Gasteiger partial charge in [-0.15, -0.1) is 11.3 Å². The maximum Gasteiger partial charge on any atom is 0.257 e. The molecule has 2 N–H and O–H groups in total. The molecule has 3 nitrogen and oxygen atoms in total. The van der Waals surface area contributed by atoms with Gasteiger partial charge in [-0.2, -0.15) is 0 Å². The Bertz CT molecular complexity index is 673. The second-order valence-corrected chi connectivity index (χ2v) is 6.01. The molecule has 110 valence electrons. The van der Waals surface area contributed by atoms with Gasteiger partial charge >= 0.3 is 0 Å². The maximum absolute atomic E-state index is 14.0. The van der Waals surface area contributed by atoms with Gasteiger partial charge in [-0.3, -0.25) is 4.79 Å². The van der Waals surface area contributed by atoms with E-state index in [2.05, 4.69) is 0 Å². The summed E-state index contributed by atoms with van der Waals surface area (Å²) in [6.45, 7) is 0.539. The lowest BCUT2D eigenvalue weighted by Crippen LogP contribution is -2.31. The standard InChI is InChI=1S/C15H14F2N2OS/c16-9-7-10(14(17)11(18)8-9)15(20)19-5-1-3-12(19)13-4-2-6-21-13/h2,4,6-8,12H,1,3,5,18H2. The van der Waals surface area contributed by atoms with Crippen molar-refractivity contribution < 1.29 is 13.6 Å². The molecule has 2 aromatic rings. The van der Waals surface area contributed by atoms with Crippen LogP contribution in [0.15, 0.2) is 29.6 Å². The Kier molecular flexibility index (Phi) is 3.63. The zero-order chi connectivity index (χ0) is 15.0. The number of thiophene rings is 1. The van der Waals surface area contributed by atoms with Gasteiger partial charge in [0.15, 0.2) is 5.82 Å². The van der Waals surface area contributed by atoms with Gasteiger partial charge in [0.25, 0.3) is 5.91 Å². The minimum Gasteiger partial charge on any atom is -0.396 e. The van der Waals surface area contributed by atoms with Crippen LogP contribution in [0.1, 0.15) is 34.1 Å². The second kappa shape index (κ2) is 5.44. The number of carbonyl (C=O) groups excluding carboxylic acids is 1. The predicted octanol–water partition coefficient (Wildman–Crippen LogP) is 3.59. The van der Waals surface area contributed by atoms with Crippen LogP contribution in [-0.4, -0.2) is 17.4 Å². The van der Waals surface area contributed by atoms with Crippen molar-refractivity contribution >= 4 is 22.9 Å². The number of nitrogen functional groups attached to an aromatic ring is 1. The average Bonchev–Trinajstić information content (AvgIpc) is 3.11. The largest absolute Gasteiger partial charge is 0.396 e. The van der Waals surface area contributed by atoms with Crippen molar-refractivity contribution in [3.63, 3.8) is 0 Å². The molecular weight excluding hydrogens is 294 g/mol. The van der Waals surface area contributed by atoms with Gasteiger partial charge in [0.05, 0.1) is 17.3 Å². The molecule has 1 aromatic heterocycles. The fourth-order valence-corrected chi connectivity index (χ4v) is 3.58. The van der Waals surface area contributed by atoms with E-state index < -0.39 is 17.5 Å². The Hall–Kier alpha value is -1.95. The van der Waals surface area contributed by atoms with Crippen molar-refractivity contribution in [2.75, 3.05) is 12.3 Å². The first-order chi connectivity index (χ1) is 10.1. The number of nitrogens with two attached hydrogens (primary N) is 1. The first-order valence-electron chi connectivity index (χ1n) is 6.67. The average molecular weight is 308 g/mol. The Morgan fingerprint density at radius 2 is 2.19 bits per heavy atom. The quantitative estimate of drug-likeness (QED) is 0.862. The number of hydrogen-bond donors (Lipinski definition) is 1. The third-order valence-corrected chi connectivity index (χ3v) is 4.65. The molecule has 0 bridgehead atoms. The van der Waals surface area contributed by atoms with E-state index in [0.29, 0.717) is 6.54 Å². The van der Waals surface area contributed by atoms with E-state index in [1.54, 1.807) is 16.2 Å². The molecule has 1 aromatic carbocycles. The van der Waals surface area contributed by atoms with Crippen molar-refractivity contribution in [1.29, 1.82) is 0 Å². The van der Waals surface area contributed by atoms with Gasteiger partial charge in [0, 0.05) is 11.4 Å². The molecule has 0 spiro atoms. The summed E-state index contributed by atoms with van der Waals surface area (Å²) >= 11 is 1.56. The van der Waals surface area contributed by atoms with E-state index in [9.17, 15) is 13.6 Å². The first kappa shape index (κ1) is 14.0. The highest BCUT2D eigenvalue weighted by Crippen LogP contribution is 2.36. The van der Waals surface area contributed by atoms with E-state index in [-0.39, 0.29) is 17.3 Å². The molecule has 1 aliphatic rings. The summed E-state index contributed by atoms with van der Waals surface area (Å²) in [5, 5.41) is 1.94. The van der Waals surface area contributed by atoms with E-state index in [1.807, 2.05) is 17.5 Å². The number of amides is 1. The molecule has 0 aliphatic carbocycles. The van der Waals surface area contributed by atoms with Gasteiger partial charge in [-0.25, -0.2) is 8.78 Å². The summed E-state index contributed by atoms with van der Waals surface area (Å²) in [5.74, 6) is -2.06. The maximum atomic E-state index is 14.0. The van der Waals surface area contributed by atoms with Crippen LogP contribution in [0.2, 0.25) is 0 Å². The number of hydrogen-bond acceptors (Lipinski definition) is 3. The molecule has 2 heterocycles. The van der Waals surface area contributed by atoms with E-state index >= 15 is 0 Å². The lowest BCUT2D eigenvalue weighted by atomic mass is 10.1. The Morgan fingerprint density at radius 3 is 2.90 bits per heavy atom. The van der Waals surface area contributed by atoms with Crippen molar-refractivity contribution in [3.05, 3.63) is 51.7 Å². The minimum absolute atomic E-state index is 0.0682. The fraction of sp³-hybridized carbons (Fsp3) is 0.267. The van der Waals surface area contributed by atoms with Crippen LogP contribution < -0.4 is 5.73 Å². The van der Waals surface area contributed by atoms with E-state index in [4.69, 9.17) is 5.73 Å². The lowest BCUT2D eigenvalue weighted by molar-refractivity contribution is 0.0732. The van der Waals surface area contributed by atoms with Gasteiger partial charge in [0.2, 0.25) is 0 Å². The first-order valence-corrected chi connectivity index (χ1v) is 7.55. The SMILES string of the molecule is Nc1cc(F)cc(C(=O)N2CCCC2c2cccs2)c1F. The van der Waals surface area contributed by atoms with Gasteiger partial charge in [0.1, 0.15) is 5.82 Å². The van der Waals surface area contributed by atoms with Crippen molar-refractivity contribution in [1.82, 2.24) is 4.90 Å². The van der Waals surface area contributed by atoms with Crippen LogP contribution in [0, 0.1) is 11.6 Å². The molecule has 1 unspecified atom stereocenters. The summed E-state index contributed by atoms with van der Waals surface area (Å²) in [6.07, 6.45) is 1.68. The molecule has 1 amide bonds. The molecule has 0 saturated carbocycles. The number of rotatable bonds is 2. The number of carbonyl (C=O) groups is 1. The molecule has 1 atom stereocenters. The summed E-state index contributed by atoms with van der Waals surface area (Å²) in [7, 11) is 0. The number of benzene rings is 1. The molecule has 3 rings (SSSR count). The molecule has 1 aliphatic heterocycles. The Labute approximate surface area is 125 Å². The third-order valence-electron chi connectivity index (χ3n) is 3.68. The number of anilines is 1. The van der Waals surface area contributed by atoms with E-state index in [0.717, 1.165) is 29.9 Å². The van der Waals surface area contributed by atoms with Crippen molar-refractivity contribution in [3.8, 4) is 0 Å². The molecule has 6 heteroatoms.